The second-order valence-corrected chi connectivity index (χ2v) is 6.32. The van der Waals surface area contributed by atoms with Gasteiger partial charge in [0.2, 0.25) is 5.91 Å². The van der Waals surface area contributed by atoms with Crippen LogP contribution in [0.15, 0.2) is 36.4 Å². The molecular formula is C19H17ClFN3O2. The first-order valence-corrected chi connectivity index (χ1v) is 8.35. The summed E-state index contributed by atoms with van der Waals surface area (Å²) in [6, 6.07) is 9.11. The maximum absolute atomic E-state index is 13.5. The van der Waals surface area contributed by atoms with Gasteiger partial charge in [0.1, 0.15) is 5.82 Å². The lowest BCUT2D eigenvalue weighted by Crippen LogP contribution is -2.19. The molecule has 3 rings (SSSR count). The highest BCUT2D eigenvalue weighted by Crippen LogP contribution is 2.25. The Labute approximate surface area is 154 Å². The summed E-state index contributed by atoms with van der Waals surface area (Å²) >= 11 is 6.01. The molecule has 2 amide bonds. The number of anilines is 1. The number of aromatic amines is 1. The van der Waals surface area contributed by atoms with E-state index in [0.29, 0.717) is 16.1 Å². The van der Waals surface area contributed by atoms with E-state index in [1.54, 1.807) is 18.2 Å². The topological polar surface area (TPSA) is 74.0 Å². The normalized spacial score (nSPS) is 10.8. The number of aromatic nitrogens is 1. The van der Waals surface area contributed by atoms with E-state index in [4.69, 9.17) is 11.6 Å². The molecule has 0 unspecified atom stereocenters. The Bertz CT molecular complexity index is 1010. The summed E-state index contributed by atoms with van der Waals surface area (Å²) in [6.45, 7) is 1.84. The van der Waals surface area contributed by atoms with Crippen molar-refractivity contribution in [2.24, 2.45) is 0 Å². The summed E-state index contributed by atoms with van der Waals surface area (Å²) in [7, 11) is 1.50. The van der Waals surface area contributed by atoms with Crippen LogP contribution >= 0.6 is 11.6 Å². The molecule has 0 aliphatic carbocycles. The van der Waals surface area contributed by atoms with E-state index in [1.807, 2.05) is 6.92 Å². The van der Waals surface area contributed by atoms with E-state index in [1.165, 1.54) is 25.2 Å². The third kappa shape index (κ3) is 3.55. The van der Waals surface area contributed by atoms with Gasteiger partial charge in [-0.1, -0.05) is 11.6 Å². The lowest BCUT2D eigenvalue weighted by atomic mass is 10.1. The fourth-order valence-corrected chi connectivity index (χ4v) is 3.06. The molecule has 0 aliphatic heterocycles. The van der Waals surface area contributed by atoms with Crippen LogP contribution in [0, 0.1) is 12.7 Å². The monoisotopic (exact) mass is 373 g/mol. The quantitative estimate of drug-likeness (QED) is 0.650. The van der Waals surface area contributed by atoms with Crippen LogP contribution in [0.4, 0.5) is 10.1 Å². The largest absolute Gasteiger partial charge is 0.358 e. The molecule has 0 bridgehead atoms. The number of hydrogen-bond donors (Lipinski definition) is 3. The third-order valence-corrected chi connectivity index (χ3v) is 4.47. The summed E-state index contributed by atoms with van der Waals surface area (Å²) in [4.78, 5) is 27.4. The minimum absolute atomic E-state index is 0.0766. The lowest BCUT2D eigenvalue weighted by molar-refractivity contribution is -0.115. The fourth-order valence-electron chi connectivity index (χ4n) is 2.86. The summed E-state index contributed by atoms with van der Waals surface area (Å²) < 4.78 is 13.5. The highest BCUT2D eigenvalue weighted by atomic mass is 35.5. The van der Waals surface area contributed by atoms with Gasteiger partial charge in [-0.3, -0.25) is 9.59 Å². The number of hydrogen-bond acceptors (Lipinski definition) is 2. The molecule has 134 valence electrons. The van der Waals surface area contributed by atoms with Crippen molar-refractivity contribution in [2.75, 3.05) is 12.4 Å². The van der Waals surface area contributed by atoms with Gasteiger partial charge in [0.15, 0.2) is 0 Å². The van der Waals surface area contributed by atoms with Gasteiger partial charge in [-0.05, 0) is 48.9 Å². The first kappa shape index (κ1) is 17.9. The maximum Gasteiger partial charge on any atom is 0.252 e. The van der Waals surface area contributed by atoms with Crippen LogP contribution < -0.4 is 10.6 Å². The molecule has 0 atom stereocenters. The van der Waals surface area contributed by atoms with Crippen LogP contribution in [-0.2, 0) is 11.2 Å². The van der Waals surface area contributed by atoms with Crippen molar-refractivity contribution in [1.82, 2.24) is 10.3 Å². The van der Waals surface area contributed by atoms with Crippen LogP contribution in [0.5, 0.6) is 0 Å². The number of aryl methyl sites for hydroxylation is 1. The number of carbonyl (C=O) groups is 2. The van der Waals surface area contributed by atoms with Crippen molar-refractivity contribution in [1.29, 1.82) is 0 Å². The summed E-state index contributed by atoms with van der Waals surface area (Å²) in [5.41, 5.74) is 3.06. The third-order valence-electron chi connectivity index (χ3n) is 4.14. The van der Waals surface area contributed by atoms with Crippen molar-refractivity contribution >= 4 is 40.0 Å². The number of benzene rings is 2. The molecule has 2 aromatic carbocycles. The molecule has 3 aromatic rings. The molecule has 3 N–H and O–H groups in total. The lowest BCUT2D eigenvalue weighted by Gasteiger charge is -2.09. The SMILES string of the molecule is CNC(=O)c1cc(NC(=O)Cc2c(C)[nH]c3ccc(F)cc23)ccc1Cl. The highest BCUT2D eigenvalue weighted by molar-refractivity contribution is 6.34. The van der Waals surface area contributed by atoms with Gasteiger partial charge in [-0.2, -0.15) is 0 Å². The molecule has 1 heterocycles. The van der Waals surface area contributed by atoms with E-state index < -0.39 is 0 Å². The first-order valence-electron chi connectivity index (χ1n) is 7.97. The number of carbonyl (C=O) groups excluding carboxylic acids is 2. The van der Waals surface area contributed by atoms with Crippen LogP contribution in [0.3, 0.4) is 0 Å². The highest BCUT2D eigenvalue weighted by Gasteiger charge is 2.15. The molecule has 0 aliphatic rings. The summed E-state index contributed by atoms with van der Waals surface area (Å²) in [5, 5.41) is 6.22. The van der Waals surface area contributed by atoms with Crippen molar-refractivity contribution in [3.05, 3.63) is 64.1 Å². The van der Waals surface area contributed by atoms with Gasteiger partial charge in [0.25, 0.3) is 5.91 Å². The molecule has 0 saturated heterocycles. The van der Waals surface area contributed by atoms with Crippen molar-refractivity contribution in [2.45, 2.75) is 13.3 Å². The molecule has 0 saturated carbocycles. The van der Waals surface area contributed by atoms with Crippen LogP contribution in [-0.4, -0.2) is 23.8 Å². The van der Waals surface area contributed by atoms with Gasteiger partial charge in [0, 0.05) is 29.3 Å². The Morgan fingerprint density at radius 3 is 2.69 bits per heavy atom. The number of nitrogens with one attached hydrogen (secondary N) is 3. The summed E-state index contributed by atoms with van der Waals surface area (Å²) in [6.07, 6.45) is 0.0766. The van der Waals surface area contributed by atoms with Gasteiger partial charge < -0.3 is 15.6 Å². The Morgan fingerprint density at radius 2 is 1.96 bits per heavy atom. The van der Waals surface area contributed by atoms with Crippen LogP contribution in [0.1, 0.15) is 21.6 Å². The number of rotatable bonds is 4. The Morgan fingerprint density at radius 1 is 1.19 bits per heavy atom. The van der Waals surface area contributed by atoms with E-state index in [-0.39, 0.29) is 29.6 Å². The number of H-pyrrole nitrogens is 1. The standard InChI is InChI=1S/C19H17ClFN3O2/c1-10-13(14-7-11(21)3-6-17(14)23-10)9-18(25)24-12-4-5-16(20)15(8-12)19(26)22-2/h3-8,23H,9H2,1-2H3,(H,22,26)(H,24,25). The predicted molar refractivity (Wildman–Crippen MR) is 100 cm³/mol. The van der Waals surface area contributed by atoms with Crippen molar-refractivity contribution < 1.29 is 14.0 Å². The van der Waals surface area contributed by atoms with E-state index >= 15 is 0 Å². The van der Waals surface area contributed by atoms with Crippen molar-refractivity contribution in [3.8, 4) is 0 Å². The zero-order valence-corrected chi connectivity index (χ0v) is 15.0. The van der Waals surface area contributed by atoms with E-state index in [0.717, 1.165) is 16.8 Å². The molecule has 5 nitrogen and oxygen atoms in total. The smallest absolute Gasteiger partial charge is 0.252 e. The fraction of sp³-hybridized carbons (Fsp3) is 0.158. The van der Waals surface area contributed by atoms with Gasteiger partial charge in [0.05, 0.1) is 17.0 Å². The van der Waals surface area contributed by atoms with Gasteiger partial charge in [-0.15, -0.1) is 0 Å². The zero-order chi connectivity index (χ0) is 18.8. The minimum atomic E-state index is -0.355. The van der Waals surface area contributed by atoms with Crippen LogP contribution in [0.25, 0.3) is 10.9 Å². The molecule has 0 spiro atoms. The second kappa shape index (κ2) is 7.17. The zero-order valence-electron chi connectivity index (χ0n) is 14.2. The molecule has 7 heteroatoms. The first-order chi connectivity index (χ1) is 12.4. The predicted octanol–water partition coefficient (Wildman–Crippen LogP) is 3.81. The summed E-state index contributed by atoms with van der Waals surface area (Å²) in [5.74, 6) is -0.969. The van der Waals surface area contributed by atoms with Gasteiger partial charge >= 0.3 is 0 Å². The molecular weight excluding hydrogens is 357 g/mol. The van der Waals surface area contributed by atoms with Crippen LogP contribution in [0.2, 0.25) is 5.02 Å². The van der Waals surface area contributed by atoms with Crippen molar-refractivity contribution in [3.63, 3.8) is 0 Å². The molecule has 0 fully saturated rings. The number of fused-ring (bicyclic) bond motifs is 1. The molecule has 1 aromatic heterocycles. The number of halogens is 2. The number of amides is 2. The minimum Gasteiger partial charge on any atom is -0.358 e. The molecule has 26 heavy (non-hydrogen) atoms. The van der Waals surface area contributed by atoms with E-state index in [2.05, 4.69) is 15.6 Å². The Hall–Kier alpha value is -2.86. The Balaban J connectivity index is 1.83. The second-order valence-electron chi connectivity index (χ2n) is 5.92. The van der Waals surface area contributed by atoms with Gasteiger partial charge in [-0.25, -0.2) is 4.39 Å². The Kier molecular flexibility index (Phi) is 4.95. The maximum atomic E-state index is 13.5. The average molecular weight is 374 g/mol. The average Bonchev–Trinajstić information content (AvgIpc) is 2.91. The molecule has 0 radical (unpaired) electrons. The van der Waals surface area contributed by atoms with E-state index in [9.17, 15) is 14.0 Å².